The molecule has 0 aromatic carbocycles. The number of carbonyl (C=O) groups is 1. The summed E-state index contributed by atoms with van der Waals surface area (Å²) >= 11 is 0. The molecule has 0 atom stereocenters. The molecule has 120 valence electrons. The first-order valence-corrected chi connectivity index (χ1v) is 8.17. The summed E-state index contributed by atoms with van der Waals surface area (Å²) in [5, 5.41) is 3.47. The third kappa shape index (κ3) is 3.87. The van der Waals surface area contributed by atoms with E-state index in [1.165, 1.54) is 12.8 Å². The number of piperidine rings is 1. The number of carbonyl (C=O) groups excluding carboxylic acids is 1. The fourth-order valence-electron chi connectivity index (χ4n) is 2.68. The van der Waals surface area contributed by atoms with Crippen LogP contribution < -0.4 is 5.32 Å². The van der Waals surface area contributed by atoms with Gasteiger partial charge in [-0.2, -0.15) is 0 Å². The van der Waals surface area contributed by atoms with Crippen LogP contribution in [0.25, 0.3) is 0 Å². The van der Waals surface area contributed by atoms with Crippen molar-refractivity contribution in [2.75, 3.05) is 18.4 Å². The number of ether oxygens (including phenoxy) is 1. The predicted octanol–water partition coefficient (Wildman–Crippen LogP) is 2.78. The Bertz CT molecular complexity index is 523. The van der Waals surface area contributed by atoms with Crippen LogP contribution in [0.1, 0.15) is 51.3 Å². The molecule has 1 amide bonds. The number of aromatic nitrogens is 2. The molecule has 6 heteroatoms. The van der Waals surface area contributed by atoms with Crippen LogP contribution in [0.3, 0.4) is 0 Å². The maximum atomic E-state index is 11.9. The van der Waals surface area contributed by atoms with E-state index in [0.29, 0.717) is 12.0 Å². The van der Waals surface area contributed by atoms with Crippen LogP contribution in [0.5, 0.6) is 0 Å². The second-order valence-electron chi connectivity index (χ2n) is 6.41. The van der Waals surface area contributed by atoms with Gasteiger partial charge in [0.05, 0.1) is 6.10 Å². The van der Waals surface area contributed by atoms with Crippen LogP contribution in [0.15, 0.2) is 12.3 Å². The summed E-state index contributed by atoms with van der Waals surface area (Å²) in [7, 11) is 0. The summed E-state index contributed by atoms with van der Waals surface area (Å²) in [6.07, 6.45) is 5.81. The number of amides is 1. The Hall–Kier alpha value is -1.85. The van der Waals surface area contributed by atoms with Crippen molar-refractivity contribution >= 4 is 11.9 Å². The maximum absolute atomic E-state index is 11.9. The molecular weight excluding hydrogens is 280 g/mol. The summed E-state index contributed by atoms with van der Waals surface area (Å²) < 4.78 is 5.24. The Labute approximate surface area is 131 Å². The van der Waals surface area contributed by atoms with Crippen molar-refractivity contribution in [2.45, 2.75) is 57.6 Å². The summed E-state index contributed by atoms with van der Waals surface area (Å²) in [6.45, 7) is 5.20. The molecule has 2 aliphatic rings. The minimum absolute atomic E-state index is 0.0646. The van der Waals surface area contributed by atoms with E-state index in [-0.39, 0.29) is 12.2 Å². The van der Waals surface area contributed by atoms with E-state index in [4.69, 9.17) is 4.74 Å². The summed E-state index contributed by atoms with van der Waals surface area (Å²) in [6, 6.07) is 2.27. The minimum atomic E-state index is -0.202. The molecule has 1 aliphatic heterocycles. The van der Waals surface area contributed by atoms with Crippen LogP contribution in [-0.2, 0) is 4.74 Å². The first kappa shape index (κ1) is 15.1. The van der Waals surface area contributed by atoms with Gasteiger partial charge < -0.3 is 15.0 Å². The van der Waals surface area contributed by atoms with Gasteiger partial charge in [-0.15, -0.1) is 0 Å². The number of likely N-dealkylation sites (tertiary alicyclic amines) is 1. The highest BCUT2D eigenvalue weighted by molar-refractivity contribution is 5.67. The third-order valence-corrected chi connectivity index (χ3v) is 4.06. The van der Waals surface area contributed by atoms with Crippen molar-refractivity contribution in [1.29, 1.82) is 0 Å². The SMILES string of the molecule is CC(C)OC(=O)N1CCC(Nc2ccnc(C3CC3)n2)CC1. The topological polar surface area (TPSA) is 67.3 Å². The van der Waals surface area contributed by atoms with Gasteiger partial charge in [-0.1, -0.05) is 0 Å². The van der Waals surface area contributed by atoms with Crippen LogP contribution >= 0.6 is 0 Å². The van der Waals surface area contributed by atoms with E-state index in [9.17, 15) is 4.79 Å². The van der Waals surface area contributed by atoms with Crippen molar-refractivity contribution in [1.82, 2.24) is 14.9 Å². The van der Waals surface area contributed by atoms with E-state index < -0.39 is 0 Å². The maximum Gasteiger partial charge on any atom is 0.410 e. The lowest BCUT2D eigenvalue weighted by atomic mass is 10.1. The van der Waals surface area contributed by atoms with Gasteiger partial charge in [-0.25, -0.2) is 14.8 Å². The van der Waals surface area contributed by atoms with Gasteiger partial charge in [0.15, 0.2) is 0 Å². The zero-order chi connectivity index (χ0) is 15.5. The van der Waals surface area contributed by atoms with Gasteiger partial charge in [0, 0.05) is 31.2 Å². The Morgan fingerprint density at radius 3 is 2.68 bits per heavy atom. The highest BCUT2D eigenvalue weighted by Crippen LogP contribution is 2.38. The highest BCUT2D eigenvalue weighted by Gasteiger charge is 2.27. The lowest BCUT2D eigenvalue weighted by molar-refractivity contribution is 0.0701. The normalized spacial score (nSPS) is 19.3. The number of nitrogens with one attached hydrogen (secondary N) is 1. The average molecular weight is 304 g/mol. The van der Waals surface area contributed by atoms with Crippen LogP contribution in [-0.4, -0.2) is 46.2 Å². The number of hydrogen-bond donors (Lipinski definition) is 1. The molecule has 3 rings (SSSR count). The molecule has 0 unspecified atom stereocenters. The summed E-state index contributed by atoms with van der Waals surface area (Å²) in [5.74, 6) is 2.43. The largest absolute Gasteiger partial charge is 0.447 e. The Morgan fingerprint density at radius 2 is 2.05 bits per heavy atom. The van der Waals surface area contributed by atoms with E-state index in [2.05, 4.69) is 15.3 Å². The van der Waals surface area contributed by atoms with Crippen LogP contribution in [0.2, 0.25) is 0 Å². The molecule has 0 spiro atoms. The molecule has 6 nitrogen and oxygen atoms in total. The fourth-order valence-corrected chi connectivity index (χ4v) is 2.68. The molecular formula is C16H24N4O2. The van der Waals surface area contributed by atoms with Gasteiger partial charge in [-0.3, -0.25) is 0 Å². The molecule has 0 radical (unpaired) electrons. The van der Waals surface area contributed by atoms with Gasteiger partial charge >= 0.3 is 6.09 Å². The van der Waals surface area contributed by atoms with Gasteiger partial charge in [0.2, 0.25) is 0 Å². The van der Waals surface area contributed by atoms with Gasteiger partial charge in [0.25, 0.3) is 0 Å². The van der Waals surface area contributed by atoms with Crippen molar-refractivity contribution in [3.63, 3.8) is 0 Å². The van der Waals surface area contributed by atoms with E-state index in [1.54, 1.807) is 4.90 Å². The zero-order valence-corrected chi connectivity index (χ0v) is 13.3. The second-order valence-corrected chi connectivity index (χ2v) is 6.41. The molecule has 2 heterocycles. The van der Waals surface area contributed by atoms with E-state index in [1.807, 2.05) is 26.1 Å². The molecule has 1 aromatic heterocycles. The van der Waals surface area contributed by atoms with Gasteiger partial charge in [0.1, 0.15) is 11.6 Å². The molecule has 1 saturated carbocycles. The lowest BCUT2D eigenvalue weighted by Crippen LogP contribution is -2.43. The summed E-state index contributed by atoms with van der Waals surface area (Å²) in [4.78, 5) is 22.6. The van der Waals surface area contributed by atoms with Crippen molar-refractivity contribution < 1.29 is 9.53 Å². The summed E-state index contributed by atoms with van der Waals surface area (Å²) in [5.41, 5.74) is 0. The fraction of sp³-hybridized carbons (Fsp3) is 0.688. The monoisotopic (exact) mass is 304 g/mol. The quantitative estimate of drug-likeness (QED) is 0.926. The number of hydrogen-bond acceptors (Lipinski definition) is 5. The van der Waals surface area contributed by atoms with Crippen molar-refractivity contribution in [3.05, 3.63) is 18.1 Å². The first-order chi connectivity index (χ1) is 10.6. The molecule has 22 heavy (non-hydrogen) atoms. The van der Waals surface area contributed by atoms with Crippen molar-refractivity contribution in [2.24, 2.45) is 0 Å². The highest BCUT2D eigenvalue weighted by atomic mass is 16.6. The minimum Gasteiger partial charge on any atom is -0.447 e. The smallest absolute Gasteiger partial charge is 0.410 e. The predicted molar refractivity (Wildman–Crippen MR) is 83.8 cm³/mol. The van der Waals surface area contributed by atoms with E-state index >= 15 is 0 Å². The van der Waals surface area contributed by atoms with Gasteiger partial charge in [-0.05, 0) is 45.6 Å². The lowest BCUT2D eigenvalue weighted by Gasteiger charge is -2.32. The Kier molecular flexibility index (Phi) is 4.45. The molecule has 1 N–H and O–H groups in total. The number of nitrogens with zero attached hydrogens (tertiary/aromatic N) is 3. The zero-order valence-electron chi connectivity index (χ0n) is 13.3. The Morgan fingerprint density at radius 1 is 1.32 bits per heavy atom. The molecule has 1 saturated heterocycles. The van der Waals surface area contributed by atoms with Crippen molar-refractivity contribution in [3.8, 4) is 0 Å². The van der Waals surface area contributed by atoms with Crippen LogP contribution in [0.4, 0.5) is 10.6 Å². The molecule has 0 bridgehead atoms. The average Bonchev–Trinajstić information content (AvgIpc) is 3.32. The molecule has 1 aliphatic carbocycles. The number of anilines is 1. The standard InChI is InChI=1S/C16H24N4O2/c1-11(2)22-16(21)20-9-6-13(7-10-20)18-14-5-8-17-15(19-14)12-3-4-12/h5,8,11-13H,3-4,6-7,9-10H2,1-2H3,(H,17,18,19). The number of rotatable bonds is 4. The molecule has 2 fully saturated rings. The Balaban J connectivity index is 1.49. The third-order valence-electron chi connectivity index (χ3n) is 4.06. The van der Waals surface area contributed by atoms with Crippen LogP contribution in [0, 0.1) is 0 Å². The second kappa shape index (κ2) is 6.50. The first-order valence-electron chi connectivity index (χ1n) is 8.17. The van der Waals surface area contributed by atoms with E-state index in [0.717, 1.165) is 37.6 Å². The molecule has 1 aromatic rings.